The molecule has 0 saturated carbocycles. The summed E-state index contributed by atoms with van der Waals surface area (Å²) < 4.78 is 0. The van der Waals surface area contributed by atoms with Crippen molar-refractivity contribution in [3.8, 4) is 0 Å². The highest BCUT2D eigenvalue weighted by Crippen LogP contribution is 2.30. The Morgan fingerprint density at radius 3 is 2.74 bits per heavy atom. The highest BCUT2D eigenvalue weighted by Gasteiger charge is 2.36. The van der Waals surface area contributed by atoms with E-state index < -0.39 is 0 Å². The highest BCUT2D eigenvalue weighted by molar-refractivity contribution is 8.15. The van der Waals surface area contributed by atoms with Gasteiger partial charge in [-0.2, -0.15) is 5.10 Å². The Morgan fingerprint density at radius 2 is 2.04 bits per heavy atom. The van der Waals surface area contributed by atoms with Crippen molar-refractivity contribution in [3.63, 3.8) is 0 Å². The second kappa shape index (κ2) is 7.57. The van der Waals surface area contributed by atoms with Gasteiger partial charge in [-0.05, 0) is 23.4 Å². The molecule has 1 aromatic carbocycles. The molecule has 2 heterocycles. The minimum Gasteiger partial charge on any atom is -0.284 e. The van der Waals surface area contributed by atoms with Crippen LogP contribution in [-0.4, -0.2) is 27.4 Å². The Hall–Kier alpha value is -1.92. The molecule has 0 unspecified atom stereocenters. The number of amidine groups is 1. The van der Waals surface area contributed by atoms with Crippen LogP contribution in [-0.2, 0) is 11.3 Å². The van der Waals surface area contributed by atoms with Crippen molar-refractivity contribution in [1.29, 1.82) is 0 Å². The van der Waals surface area contributed by atoms with Crippen molar-refractivity contribution >= 4 is 40.4 Å². The van der Waals surface area contributed by atoms with Gasteiger partial charge < -0.3 is 0 Å². The molecule has 0 radical (unpaired) electrons. The van der Waals surface area contributed by atoms with Gasteiger partial charge in [-0.15, -0.1) is 16.4 Å². The third-order valence-corrected chi connectivity index (χ3v) is 5.58. The first-order chi connectivity index (χ1) is 11.3. The Labute approximate surface area is 143 Å². The van der Waals surface area contributed by atoms with Crippen LogP contribution in [0.5, 0.6) is 0 Å². The average Bonchev–Trinajstić information content (AvgIpc) is 3.19. The Morgan fingerprint density at radius 1 is 1.22 bits per heavy atom. The summed E-state index contributed by atoms with van der Waals surface area (Å²) in [5.41, 5.74) is 1.09. The molecular weight excluding hydrogens is 326 g/mol. The maximum atomic E-state index is 12.5. The molecule has 1 fully saturated rings. The van der Waals surface area contributed by atoms with Gasteiger partial charge in [-0.25, -0.2) is 0 Å². The van der Waals surface area contributed by atoms with E-state index in [2.05, 4.69) is 10.2 Å². The van der Waals surface area contributed by atoms with Crippen molar-refractivity contribution in [2.45, 2.75) is 25.1 Å². The monoisotopic (exact) mass is 343 g/mol. The summed E-state index contributed by atoms with van der Waals surface area (Å²) in [6, 6.07) is 13.9. The third-order valence-electron chi connectivity index (χ3n) is 3.45. The smallest absolute Gasteiger partial charge is 0.242 e. The van der Waals surface area contributed by atoms with E-state index in [1.807, 2.05) is 54.8 Å². The molecule has 0 bridgehead atoms. The SMILES string of the molecule is CC[C@@H]1S/C(=N\N=C/c2cccs2)N(Cc2ccccc2)C1=O. The van der Waals surface area contributed by atoms with E-state index in [0.29, 0.717) is 11.7 Å². The number of thiophene rings is 1. The first kappa shape index (κ1) is 16.0. The maximum absolute atomic E-state index is 12.5. The van der Waals surface area contributed by atoms with Gasteiger partial charge in [-0.3, -0.25) is 9.69 Å². The van der Waals surface area contributed by atoms with Crippen LogP contribution in [0.4, 0.5) is 0 Å². The van der Waals surface area contributed by atoms with E-state index in [9.17, 15) is 4.79 Å². The quantitative estimate of drug-likeness (QED) is 0.608. The minimum atomic E-state index is -0.0607. The molecule has 0 N–H and O–H groups in total. The average molecular weight is 343 g/mol. The lowest BCUT2D eigenvalue weighted by molar-refractivity contribution is -0.126. The van der Waals surface area contributed by atoms with Gasteiger partial charge in [-0.1, -0.05) is 55.1 Å². The molecule has 2 aromatic rings. The van der Waals surface area contributed by atoms with Crippen molar-refractivity contribution in [2.75, 3.05) is 0 Å². The second-order valence-electron chi connectivity index (χ2n) is 5.07. The van der Waals surface area contributed by atoms with E-state index in [1.54, 1.807) is 22.5 Å². The van der Waals surface area contributed by atoms with E-state index in [4.69, 9.17) is 0 Å². The molecule has 1 atom stereocenters. The Bertz CT molecular complexity index is 711. The summed E-state index contributed by atoms with van der Waals surface area (Å²) in [4.78, 5) is 15.3. The predicted molar refractivity (Wildman–Crippen MR) is 98.0 cm³/mol. The van der Waals surface area contributed by atoms with Gasteiger partial charge in [0.25, 0.3) is 0 Å². The number of rotatable bonds is 5. The van der Waals surface area contributed by atoms with E-state index in [-0.39, 0.29) is 11.2 Å². The van der Waals surface area contributed by atoms with Crippen LogP contribution in [0, 0.1) is 0 Å². The van der Waals surface area contributed by atoms with Gasteiger partial charge in [0.2, 0.25) is 5.91 Å². The lowest BCUT2D eigenvalue weighted by Gasteiger charge is -2.15. The summed E-state index contributed by atoms with van der Waals surface area (Å²) in [6.45, 7) is 2.56. The largest absolute Gasteiger partial charge is 0.284 e. The lowest BCUT2D eigenvalue weighted by atomic mass is 10.2. The topological polar surface area (TPSA) is 45.0 Å². The summed E-state index contributed by atoms with van der Waals surface area (Å²) in [6.07, 6.45) is 2.52. The zero-order valence-electron chi connectivity index (χ0n) is 12.8. The fourth-order valence-electron chi connectivity index (χ4n) is 2.26. The summed E-state index contributed by atoms with van der Waals surface area (Å²) >= 11 is 3.11. The zero-order valence-corrected chi connectivity index (χ0v) is 14.4. The fraction of sp³-hybridized carbons (Fsp3) is 0.235. The van der Waals surface area contributed by atoms with Crippen LogP contribution < -0.4 is 0 Å². The van der Waals surface area contributed by atoms with Crippen LogP contribution in [0.2, 0.25) is 0 Å². The van der Waals surface area contributed by atoms with Gasteiger partial charge >= 0.3 is 0 Å². The van der Waals surface area contributed by atoms with Gasteiger partial charge in [0.05, 0.1) is 18.0 Å². The number of hydrogen-bond donors (Lipinski definition) is 0. The summed E-state index contributed by atoms with van der Waals surface area (Å²) in [7, 11) is 0. The Balaban J connectivity index is 1.79. The van der Waals surface area contributed by atoms with Gasteiger partial charge in [0, 0.05) is 4.88 Å². The third kappa shape index (κ3) is 3.89. The number of hydrogen-bond acceptors (Lipinski definition) is 5. The fourth-order valence-corrected chi connectivity index (χ4v) is 3.86. The number of nitrogens with zero attached hydrogens (tertiary/aromatic N) is 3. The van der Waals surface area contributed by atoms with E-state index in [0.717, 1.165) is 16.9 Å². The molecule has 1 aliphatic heterocycles. The number of amides is 1. The van der Waals surface area contributed by atoms with Crippen LogP contribution >= 0.6 is 23.1 Å². The maximum Gasteiger partial charge on any atom is 0.242 e. The van der Waals surface area contributed by atoms with Crippen LogP contribution in [0.3, 0.4) is 0 Å². The summed E-state index contributed by atoms with van der Waals surface area (Å²) in [5.74, 6) is 0.117. The molecule has 1 amide bonds. The van der Waals surface area contributed by atoms with Gasteiger partial charge in [0.1, 0.15) is 0 Å². The van der Waals surface area contributed by atoms with Crippen molar-refractivity contribution in [1.82, 2.24) is 4.90 Å². The first-order valence-corrected chi connectivity index (χ1v) is 9.20. The number of thioether (sulfide) groups is 1. The molecule has 3 rings (SSSR count). The Kier molecular flexibility index (Phi) is 5.25. The molecule has 23 heavy (non-hydrogen) atoms. The van der Waals surface area contributed by atoms with Gasteiger partial charge in [0.15, 0.2) is 5.17 Å². The number of benzene rings is 1. The van der Waals surface area contributed by atoms with Crippen molar-refractivity contribution in [2.24, 2.45) is 10.2 Å². The van der Waals surface area contributed by atoms with Crippen LogP contribution in [0.25, 0.3) is 0 Å². The van der Waals surface area contributed by atoms with Crippen molar-refractivity contribution < 1.29 is 4.79 Å². The van der Waals surface area contributed by atoms with Crippen molar-refractivity contribution in [3.05, 3.63) is 58.3 Å². The lowest BCUT2D eigenvalue weighted by Crippen LogP contribution is -2.31. The molecule has 1 saturated heterocycles. The zero-order chi connectivity index (χ0) is 16.1. The minimum absolute atomic E-state index is 0.0607. The summed E-state index contributed by atoms with van der Waals surface area (Å²) in [5, 5.41) is 11.1. The highest BCUT2D eigenvalue weighted by atomic mass is 32.2. The van der Waals surface area contributed by atoms with E-state index >= 15 is 0 Å². The molecule has 1 aliphatic rings. The van der Waals surface area contributed by atoms with Crippen LogP contribution in [0.1, 0.15) is 23.8 Å². The second-order valence-corrected chi connectivity index (χ2v) is 7.22. The number of carbonyl (C=O) groups excluding carboxylic acids is 1. The first-order valence-electron chi connectivity index (χ1n) is 7.44. The molecule has 6 heteroatoms. The molecule has 0 aliphatic carbocycles. The molecule has 0 spiro atoms. The molecular formula is C17H17N3OS2. The van der Waals surface area contributed by atoms with E-state index in [1.165, 1.54) is 11.8 Å². The number of carbonyl (C=O) groups is 1. The molecule has 118 valence electrons. The standard InChI is InChI=1S/C17H17N3OS2/c1-2-15-16(21)20(12-13-7-4-3-5-8-13)17(23-15)19-18-11-14-9-6-10-22-14/h3-11,15H,2,12H2,1H3/b18-11-,19-17-/t15-/m0/s1. The van der Waals surface area contributed by atoms with Crippen LogP contribution in [0.15, 0.2) is 58.0 Å². The normalized spacial score (nSPS) is 20.0. The molecule has 1 aromatic heterocycles. The molecule has 4 nitrogen and oxygen atoms in total. The predicted octanol–water partition coefficient (Wildman–Crippen LogP) is 3.99.